The number of nitrogens with zero attached hydrogens (tertiary/aromatic N) is 2. The summed E-state index contributed by atoms with van der Waals surface area (Å²) in [7, 11) is 0. The van der Waals surface area contributed by atoms with Crippen molar-refractivity contribution in [2.75, 3.05) is 11.9 Å². The van der Waals surface area contributed by atoms with Crippen molar-refractivity contribution in [1.82, 2.24) is 9.97 Å². The number of aliphatic hydroxyl groups is 1. The summed E-state index contributed by atoms with van der Waals surface area (Å²) in [5.74, 6) is 0.743. The molecular formula is C13H16ClN3OS. The number of hydrogen-bond acceptors (Lipinski definition) is 5. The SMILES string of the molecule is OCC1(Nc2nc(Cl)nc3sccc23)CCCCC1. The van der Waals surface area contributed by atoms with E-state index in [2.05, 4.69) is 15.3 Å². The van der Waals surface area contributed by atoms with Crippen molar-refractivity contribution >= 4 is 39.0 Å². The van der Waals surface area contributed by atoms with Gasteiger partial charge in [0.15, 0.2) is 0 Å². The van der Waals surface area contributed by atoms with Gasteiger partial charge in [-0.05, 0) is 35.9 Å². The van der Waals surface area contributed by atoms with Crippen molar-refractivity contribution in [2.45, 2.75) is 37.6 Å². The number of halogens is 1. The van der Waals surface area contributed by atoms with Gasteiger partial charge in [-0.1, -0.05) is 19.3 Å². The van der Waals surface area contributed by atoms with E-state index >= 15 is 0 Å². The van der Waals surface area contributed by atoms with Gasteiger partial charge in [0.05, 0.1) is 17.5 Å². The number of anilines is 1. The summed E-state index contributed by atoms with van der Waals surface area (Å²) in [5, 5.41) is 16.4. The molecule has 4 nitrogen and oxygen atoms in total. The third-order valence-electron chi connectivity index (χ3n) is 3.79. The molecule has 2 N–H and O–H groups in total. The number of nitrogens with one attached hydrogen (secondary N) is 1. The lowest BCUT2D eigenvalue weighted by atomic mass is 9.82. The van der Waals surface area contributed by atoms with E-state index in [-0.39, 0.29) is 17.4 Å². The van der Waals surface area contributed by atoms with E-state index in [4.69, 9.17) is 11.6 Å². The normalized spacial score (nSPS) is 18.6. The standard InChI is InChI=1S/C13H16ClN3OS/c14-12-15-10(9-4-7-19-11(9)16-12)17-13(8-18)5-2-1-3-6-13/h4,7,18H,1-3,5-6,8H2,(H,15,16,17). The number of thiophene rings is 1. The maximum absolute atomic E-state index is 9.76. The monoisotopic (exact) mass is 297 g/mol. The summed E-state index contributed by atoms with van der Waals surface area (Å²) in [6.07, 6.45) is 5.45. The highest BCUT2D eigenvalue weighted by atomic mass is 35.5. The Morgan fingerprint density at radius 1 is 1.32 bits per heavy atom. The zero-order chi connectivity index (χ0) is 13.3. The third-order valence-corrected chi connectivity index (χ3v) is 4.77. The number of aromatic nitrogens is 2. The minimum Gasteiger partial charge on any atom is -0.394 e. The van der Waals surface area contributed by atoms with E-state index in [0.29, 0.717) is 0 Å². The van der Waals surface area contributed by atoms with Gasteiger partial charge in [0.2, 0.25) is 5.28 Å². The van der Waals surface area contributed by atoms with Crippen LogP contribution in [-0.2, 0) is 0 Å². The average molecular weight is 298 g/mol. The van der Waals surface area contributed by atoms with Gasteiger partial charge in [0.1, 0.15) is 10.6 Å². The lowest BCUT2D eigenvalue weighted by Crippen LogP contribution is -2.44. The minimum atomic E-state index is -0.259. The molecule has 102 valence electrons. The van der Waals surface area contributed by atoms with Gasteiger partial charge in [-0.15, -0.1) is 11.3 Å². The highest BCUT2D eigenvalue weighted by molar-refractivity contribution is 7.16. The van der Waals surface area contributed by atoms with Crippen LogP contribution in [0.4, 0.5) is 5.82 Å². The molecule has 2 aromatic rings. The van der Waals surface area contributed by atoms with E-state index in [1.807, 2.05) is 11.4 Å². The second kappa shape index (κ2) is 5.23. The molecule has 0 aromatic carbocycles. The van der Waals surface area contributed by atoms with Crippen LogP contribution in [0.2, 0.25) is 5.28 Å². The van der Waals surface area contributed by atoms with Crippen LogP contribution in [0, 0.1) is 0 Å². The Balaban J connectivity index is 1.97. The first kappa shape index (κ1) is 13.1. The van der Waals surface area contributed by atoms with Crippen LogP contribution in [0.25, 0.3) is 10.2 Å². The molecule has 6 heteroatoms. The molecule has 0 unspecified atom stereocenters. The zero-order valence-corrected chi connectivity index (χ0v) is 12.1. The van der Waals surface area contributed by atoms with Crippen molar-refractivity contribution in [3.63, 3.8) is 0 Å². The van der Waals surface area contributed by atoms with Crippen molar-refractivity contribution < 1.29 is 5.11 Å². The predicted octanol–water partition coefficient (Wildman–Crippen LogP) is 3.45. The van der Waals surface area contributed by atoms with Gasteiger partial charge < -0.3 is 10.4 Å². The van der Waals surface area contributed by atoms with Gasteiger partial charge in [-0.3, -0.25) is 0 Å². The summed E-state index contributed by atoms with van der Waals surface area (Å²) < 4.78 is 0. The second-order valence-corrected chi connectivity index (χ2v) is 6.34. The molecule has 2 heterocycles. The Bertz CT molecular complexity index is 580. The predicted molar refractivity (Wildman–Crippen MR) is 78.9 cm³/mol. The lowest BCUT2D eigenvalue weighted by Gasteiger charge is -2.37. The molecule has 1 aliphatic rings. The second-order valence-electron chi connectivity index (χ2n) is 5.10. The van der Waals surface area contributed by atoms with Crippen molar-refractivity contribution in [2.24, 2.45) is 0 Å². The third kappa shape index (κ3) is 2.55. The topological polar surface area (TPSA) is 58.0 Å². The first-order chi connectivity index (χ1) is 9.22. The van der Waals surface area contributed by atoms with Crippen molar-refractivity contribution in [3.05, 3.63) is 16.7 Å². The Morgan fingerprint density at radius 3 is 2.84 bits per heavy atom. The highest BCUT2D eigenvalue weighted by Gasteiger charge is 2.32. The number of aliphatic hydroxyl groups excluding tert-OH is 1. The Morgan fingerprint density at radius 2 is 2.11 bits per heavy atom. The van der Waals surface area contributed by atoms with Crippen LogP contribution in [-0.4, -0.2) is 27.2 Å². The van der Waals surface area contributed by atoms with E-state index in [9.17, 15) is 5.11 Å². The lowest BCUT2D eigenvalue weighted by molar-refractivity contribution is 0.172. The molecule has 19 heavy (non-hydrogen) atoms. The molecule has 0 atom stereocenters. The molecule has 1 fully saturated rings. The maximum Gasteiger partial charge on any atom is 0.225 e. The molecule has 0 saturated heterocycles. The molecule has 3 rings (SSSR count). The summed E-state index contributed by atoms with van der Waals surface area (Å²) in [5.41, 5.74) is -0.259. The van der Waals surface area contributed by atoms with Crippen molar-refractivity contribution in [1.29, 1.82) is 0 Å². The first-order valence-electron chi connectivity index (χ1n) is 6.52. The largest absolute Gasteiger partial charge is 0.394 e. The fourth-order valence-corrected chi connectivity index (χ4v) is 3.71. The van der Waals surface area contributed by atoms with Gasteiger partial charge in [0.25, 0.3) is 0 Å². The maximum atomic E-state index is 9.76. The molecule has 0 amide bonds. The number of rotatable bonds is 3. The van der Waals surface area contributed by atoms with Crippen LogP contribution in [0.3, 0.4) is 0 Å². The molecule has 0 radical (unpaired) electrons. The molecule has 2 aromatic heterocycles. The summed E-state index contributed by atoms with van der Waals surface area (Å²) in [6.45, 7) is 0.125. The van der Waals surface area contributed by atoms with Gasteiger partial charge in [-0.25, -0.2) is 9.97 Å². The molecular weight excluding hydrogens is 282 g/mol. The van der Waals surface area contributed by atoms with Crippen molar-refractivity contribution in [3.8, 4) is 0 Å². The van der Waals surface area contributed by atoms with Gasteiger partial charge in [0, 0.05) is 0 Å². The van der Waals surface area contributed by atoms with Gasteiger partial charge in [-0.2, -0.15) is 0 Å². The average Bonchev–Trinajstić information content (AvgIpc) is 2.88. The Hall–Kier alpha value is -0.910. The van der Waals surface area contributed by atoms with E-state index in [1.165, 1.54) is 6.42 Å². The quantitative estimate of drug-likeness (QED) is 0.852. The minimum absolute atomic E-state index is 0.125. The molecule has 0 spiro atoms. The van der Waals surface area contributed by atoms with Crippen LogP contribution < -0.4 is 5.32 Å². The summed E-state index contributed by atoms with van der Waals surface area (Å²) >= 11 is 7.52. The number of fused-ring (bicyclic) bond motifs is 1. The fraction of sp³-hybridized carbons (Fsp3) is 0.538. The Kier molecular flexibility index (Phi) is 3.60. The fourth-order valence-electron chi connectivity index (χ4n) is 2.73. The summed E-state index contributed by atoms with van der Waals surface area (Å²) in [6, 6.07) is 1.99. The molecule has 0 bridgehead atoms. The Labute approximate surface area is 120 Å². The van der Waals surface area contributed by atoms with Crippen LogP contribution in [0.5, 0.6) is 0 Å². The number of hydrogen-bond donors (Lipinski definition) is 2. The van der Waals surface area contributed by atoms with Crippen LogP contribution >= 0.6 is 22.9 Å². The summed E-state index contributed by atoms with van der Waals surface area (Å²) in [4.78, 5) is 9.39. The molecule has 1 saturated carbocycles. The zero-order valence-electron chi connectivity index (χ0n) is 10.5. The van der Waals surface area contributed by atoms with E-state index in [1.54, 1.807) is 11.3 Å². The molecule has 0 aliphatic heterocycles. The van der Waals surface area contributed by atoms with Crippen LogP contribution in [0.1, 0.15) is 32.1 Å². The smallest absolute Gasteiger partial charge is 0.225 e. The van der Waals surface area contributed by atoms with Gasteiger partial charge >= 0.3 is 0 Å². The highest BCUT2D eigenvalue weighted by Crippen LogP contribution is 2.34. The van der Waals surface area contributed by atoms with E-state index < -0.39 is 0 Å². The first-order valence-corrected chi connectivity index (χ1v) is 7.78. The van der Waals surface area contributed by atoms with E-state index in [0.717, 1.165) is 41.7 Å². The van der Waals surface area contributed by atoms with Crippen LogP contribution in [0.15, 0.2) is 11.4 Å². The molecule has 1 aliphatic carbocycles.